The highest BCUT2D eigenvalue weighted by atomic mass is 32.1. The number of carbonyl (C=O) groups is 2. The lowest BCUT2D eigenvalue weighted by Gasteiger charge is -2.19. The van der Waals surface area contributed by atoms with Crippen molar-refractivity contribution in [1.82, 2.24) is 0 Å². The number of thiol groups is 1. The summed E-state index contributed by atoms with van der Waals surface area (Å²) in [6, 6.07) is 15.4. The lowest BCUT2D eigenvalue weighted by molar-refractivity contribution is -0.140. The van der Waals surface area contributed by atoms with Crippen molar-refractivity contribution in [3.63, 3.8) is 0 Å². The van der Waals surface area contributed by atoms with Gasteiger partial charge in [-0.15, -0.1) is 0 Å². The van der Waals surface area contributed by atoms with E-state index in [0.717, 1.165) is 5.56 Å². The summed E-state index contributed by atoms with van der Waals surface area (Å²) in [5, 5.41) is 20.3. The molecule has 0 aliphatic rings. The number of amides is 1. The van der Waals surface area contributed by atoms with Crippen molar-refractivity contribution in [2.24, 2.45) is 0 Å². The summed E-state index contributed by atoms with van der Waals surface area (Å²) in [5.41, 5.74) is 1.72. The number of esters is 1. The van der Waals surface area contributed by atoms with Crippen LogP contribution < -0.4 is 10.1 Å². The number of aliphatic hydroxyl groups is 1. The number of benzene rings is 2. The Morgan fingerprint density at radius 3 is 2.42 bits per heavy atom. The van der Waals surface area contributed by atoms with Crippen molar-refractivity contribution >= 4 is 30.4 Å². The van der Waals surface area contributed by atoms with Crippen LogP contribution in [0.3, 0.4) is 0 Å². The first kappa shape index (κ1) is 24.1. The zero-order chi connectivity index (χ0) is 22.5. The molecule has 0 fully saturated rings. The number of hydrogen-bond acceptors (Lipinski definition) is 8. The van der Waals surface area contributed by atoms with Gasteiger partial charge in [-0.05, 0) is 54.8 Å². The smallest absolute Gasteiger partial charge is 0.412 e. The average molecular weight is 445 g/mol. The first-order chi connectivity index (χ1) is 15.0. The van der Waals surface area contributed by atoms with E-state index in [-0.39, 0.29) is 25.6 Å². The Hall–Kier alpha value is -3.22. The lowest BCUT2D eigenvalue weighted by atomic mass is 10.0. The number of rotatable bonds is 11. The van der Waals surface area contributed by atoms with Crippen molar-refractivity contribution in [2.75, 3.05) is 30.9 Å². The van der Waals surface area contributed by atoms with Crippen LogP contribution in [0.1, 0.15) is 30.1 Å². The van der Waals surface area contributed by atoms with Crippen LogP contribution in [0.25, 0.3) is 0 Å². The number of anilines is 1. The molecule has 0 spiro atoms. The van der Waals surface area contributed by atoms with Gasteiger partial charge in [0.25, 0.3) is 0 Å². The maximum Gasteiger partial charge on any atom is 0.412 e. The maximum atomic E-state index is 12.4. The summed E-state index contributed by atoms with van der Waals surface area (Å²) in [5.74, 6) is 0.174. The Morgan fingerprint density at radius 1 is 1.10 bits per heavy atom. The fourth-order valence-electron chi connectivity index (χ4n) is 2.64. The van der Waals surface area contributed by atoms with Crippen LogP contribution >= 0.6 is 12.6 Å². The van der Waals surface area contributed by atoms with Gasteiger partial charge >= 0.3 is 12.1 Å². The predicted octanol–water partition coefficient (Wildman–Crippen LogP) is 3.47. The molecule has 2 rings (SSSR count). The molecule has 2 aromatic carbocycles. The number of aliphatic hydroxyl groups excluding tert-OH is 1. The van der Waals surface area contributed by atoms with Crippen molar-refractivity contribution in [2.45, 2.75) is 18.9 Å². The van der Waals surface area contributed by atoms with Gasteiger partial charge in [-0.3, -0.25) is 10.1 Å². The molecule has 0 aromatic heterocycles. The second-order valence-electron chi connectivity index (χ2n) is 6.37. The minimum absolute atomic E-state index is 0.00221. The zero-order valence-electron chi connectivity index (χ0n) is 16.8. The molecule has 0 saturated heterocycles. The molecule has 0 unspecified atom stereocenters. The molecule has 0 aliphatic heterocycles. The van der Waals surface area contributed by atoms with Gasteiger partial charge in [0.1, 0.15) is 18.5 Å². The van der Waals surface area contributed by atoms with Gasteiger partial charge < -0.3 is 19.3 Å². The van der Waals surface area contributed by atoms with E-state index in [0.29, 0.717) is 29.8 Å². The van der Waals surface area contributed by atoms with Crippen molar-refractivity contribution in [3.05, 3.63) is 59.7 Å². The number of nitrogens with one attached hydrogen (secondary N) is 1. The third kappa shape index (κ3) is 8.58. The molecule has 2 aromatic rings. The summed E-state index contributed by atoms with van der Waals surface area (Å²) < 4.78 is 16.0. The van der Waals surface area contributed by atoms with Gasteiger partial charge in [-0.25, -0.2) is 4.79 Å². The highest BCUT2D eigenvalue weighted by molar-refractivity contribution is 7.81. The summed E-state index contributed by atoms with van der Waals surface area (Å²) in [4.78, 5) is 23.6. The molecule has 8 nitrogen and oxygen atoms in total. The molecule has 0 saturated carbocycles. The Labute approximate surface area is 186 Å². The Kier molecular flexibility index (Phi) is 10.2. The van der Waals surface area contributed by atoms with Gasteiger partial charge in [0.2, 0.25) is 0 Å². The first-order valence-corrected chi connectivity index (χ1v) is 10.3. The van der Waals surface area contributed by atoms with E-state index in [1.165, 1.54) is 0 Å². The largest absolute Gasteiger partial charge is 0.491 e. The molecule has 2 N–H and O–H groups in total. The van der Waals surface area contributed by atoms with Crippen LogP contribution in [0.2, 0.25) is 0 Å². The number of nitrogens with zero attached hydrogens (tertiary/aromatic N) is 1. The Morgan fingerprint density at radius 2 is 1.81 bits per heavy atom. The zero-order valence-corrected chi connectivity index (χ0v) is 17.7. The van der Waals surface area contributed by atoms with Crippen LogP contribution in [0, 0.1) is 11.3 Å². The SMILES string of the molecule is N#Cc1ccc(NC(=O)O[C@H](CCCOC(=O)CS)c2ccc(OCCO)cc2)cc1. The topological polar surface area (TPSA) is 118 Å². The lowest BCUT2D eigenvalue weighted by Crippen LogP contribution is -2.18. The van der Waals surface area contributed by atoms with E-state index in [2.05, 4.69) is 17.9 Å². The fraction of sp³-hybridized carbons (Fsp3) is 0.318. The van der Waals surface area contributed by atoms with E-state index in [1.54, 1.807) is 48.5 Å². The second kappa shape index (κ2) is 13.2. The summed E-state index contributed by atoms with van der Waals surface area (Å²) in [6.45, 7) is 0.283. The molecular formula is C22H24N2O6S. The molecule has 0 heterocycles. The van der Waals surface area contributed by atoms with Crippen molar-refractivity contribution < 1.29 is 28.9 Å². The third-order valence-electron chi connectivity index (χ3n) is 4.12. The second-order valence-corrected chi connectivity index (χ2v) is 6.69. The summed E-state index contributed by atoms with van der Waals surface area (Å²) in [7, 11) is 0. The minimum Gasteiger partial charge on any atom is -0.491 e. The van der Waals surface area contributed by atoms with E-state index in [4.69, 9.17) is 24.6 Å². The standard InChI is InChI=1S/C22H24N2O6S/c23-14-16-3-7-18(8-4-16)24-22(27)30-20(2-1-12-29-21(26)15-31)17-5-9-19(10-6-17)28-13-11-25/h3-10,20,25,31H,1-2,11-13,15H2,(H,24,27)/t20-/m1/s1. The van der Waals surface area contributed by atoms with Crippen LogP contribution in [0.15, 0.2) is 48.5 Å². The molecule has 1 amide bonds. The Bertz CT molecular complexity index is 880. The highest BCUT2D eigenvalue weighted by Gasteiger charge is 2.18. The normalized spacial score (nSPS) is 11.1. The number of hydrogen-bond donors (Lipinski definition) is 3. The highest BCUT2D eigenvalue weighted by Crippen LogP contribution is 2.26. The van der Waals surface area contributed by atoms with Gasteiger partial charge in [0.05, 0.1) is 30.6 Å². The minimum atomic E-state index is -0.650. The summed E-state index contributed by atoms with van der Waals surface area (Å²) in [6.07, 6.45) is -0.322. The van der Waals surface area contributed by atoms with E-state index in [9.17, 15) is 9.59 Å². The summed E-state index contributed by atoms with van der Waals surface area (Å²) >= 11 is 3.86. The molecule has 0 aliphatic carbocycles. The van der Waals surface area contributed by atoms with Gasteiger partial charge in [-0.1, -0.05) is 12.1 Å². The van der Waals surface area contributed by atoms with Crippen LogP contribution in [0.4, 0.5) is 10.5 Å². The molecule has 0 radical (unpaired) electrons. The van der Waals surface area contributed by atoms with Crippen molar-refractivity contribution in [3.8, 4) is 11.8 Å². The number of nitriles is 1. The monoisotopic (exact) mass is 444 g/mol. The van der Waals surface area contributed by atoms with Gasteiger partial charge in [0, 0.05) is 5.69 Å². The maximum absolute atomic E-state index is 12.4. The van der Waals surface area contributed by atoms with Crippen LogP contribution in [-0.4, -0.2) is 42.7 Å². The number of ether oxygens (including phenoxy) is 3. The molecule has 164 valence electrons. The molecule has 1 atom stereocenters. The molecule has 0 bridgehead atoms. The Balaban J connectivity index is 2.02. The number of carbonyl (C=O) groups excluding carboxylic acids is 2. The van der Waals surface area contributed by atoms with Gasteiger partial charge in [-0.2, -0.15) is 17.9 Å². The average Bonchev–Trinajstić information content (AvgIpc) is 2.80. The quantitative estimate of drug-likeness (QED) is 0.276. The van der Waals surface area contributed by atoms with Crippen LogP contribution in [0.5, 0.6) is 5.75 Å². The van der Waals surface area contributed by atoms with E-state index in [1.807, 2.05) is 6.07 Å². The molecule has 31 heavy (non-hydrogen) atoms. The fourth-order valence-corrected chi connectivity index (χ4v) is 2.73. The predicted molar refractivity (Wildman–Crippen MR) is 117 cm³/mol. The molecular weight excluding hydrogens is 420 g/mol. The van der Waals surface area contributed by atoms with Crippen molar-refractivity contribution in [1.29, 1.82) is 5.26 Å². The van der Waals surface area contributed by atoms with Crippen LogP contribution in [-0.2, 0) is 14.3 Å². The van der Waals surface area contributed by atoms with E-state index < -0.39 is 18.2 Å². The first-order valence-electron chi connectivity index (χ1n) is 9.63. The van der Waals surface area contributed by atoms with Gasteiger partial charge in [0.15, 0.2) is 0 Å². The van der Waals surface area contributed by atoms with E-state index >= 15 is 0 Å². The molecule has 9 heteroatoms. The third-order valence-corrected chi connectivity index (χ3v) is 4.38.